The zero-order chi connectivity index (χ0) is 19.7. The summed E-state index contributed by atoms with van der Waals surface area (Å²) >= 11 is 0. The fraction of sp³-hybridized carbons (Fsp3) is 0.409. The maximum Gasteiger partial charge on any atom is 0.255 e. The summed E-state index contributed by atoms with van der Waals surface area (Å²) in [6.45, 7) is 7.91. The Balaban J connectivity index is 1.66. The van der Waals surface area contributed by atoms with Crippen molar-refractivity contribution in [1.82, 2.24) is 19.3 Å². The summed E-state index contributed by atoms with van der Waals surface area (Å²) < 4.78 is 2.11. The largest absolute Gasteiger partial charge is 0.365 e. The lowest BCUT2D eigenvalue weighted by atomic mass is 9.93. The van der Waals surface area contributed by atoms with Crippen molar-refractivity contribution in [3.05, 3.63) is 60.2 Å². The molecule has 3 aromatic rings. The molecule has 0 saturated carbocycles. The number of imidazole rings is 1. The van der Waals surface area contributed by atoms with Gasteiger partial charge in [-0.25, -0.2) is 4.98 Å². The number of fused-ring (bicyclic) bond motifs is 1. The first-order chi connectivity index (χ1) is 13.4. The maximum absolute atomic E-state index is 12.9. The Morgan fingerprint density at radius 3 is 2.82 bits per heavy atom. The predicted molar refractivity (Wildman–Crippen MR) is 111 cm³/mol. The lowest BCUT2D eigenvalue weighted by molar-refractivity contribution is 0.0705. The summed E-state index contributed by atoms with van der Waals surface area (Å²) in [7, 11) is 0. The highest BCUT2D eigenvalue weighted by atomic mass is 16.2. The number of hydrogen-bond acceptors (Lipinski definition) is 4. The van der Waals surface area contributed by atoms with E-state index in [1.165, 1.54) is 0 Å². The highest BCUT2D eigenvalue weighted by Gasteiger charge is 2.30. The first-order valence-electron chi connectivity index (χ1n) is 9.87. The summed E-state index contributed by atoms with van der Waals surface area (Å²) in [6.07, 6.45) is 7.38. The van der Waals surface area contributed by atoms with E-state index in [4.69, 9.17) is 4.98 Å². The molecular formula is C22H27N5O. The number of piperidine rings is 1. The number of likely N-dealkylation sites (tertiary alicyclic amines) is 1. The molecule has 0 spiro atoms. The smallest absolute Gasteiger partial charge is 0.255 e. The summed E-state index contributed by atoms with van der Waals surface area (Å²) in [5, 5.41) is 3.63. The second-order valence-electron chi connectivity index (χ2n) is 8.48. The average Bonchev–Trinajstić information content (AvgIpc) is 3.05. The number of nitrogens with one attached hydrogen (secondary N) is 1. The van der Waals surface area contributed by atoms with Gasteiger partial charge in [-0.1, -0.05) is 6.07 Å². The Kier molecular flexibility index (Phi) is 4.79. The molecule has 146 valence electrons. The van der Waals surface area contributed by atoms with E-state index in [1.807, 2.05) is 41.4 Å². The molecule has 4 rings (SSSR count). The van der Waals surface area contributed by atoms with Crippen LogP contribution in [0.2, 0.25) is 0 Å². The van der Waals surface area contributed by atoms with Gasteiger partial charge in [0.05, 0.1) is 11.3 Å². The lowest BCUT2D eigenvalue weighted by Crippen LogP contribution is -2.39. The minimum Gasteiger partial charge on any atom is -0.365 e. The van der Waals surface area contributed by atoms with Crippen LogP contribution >= 0.6 is 0 Å². The summed E-state index contributed by atoms with van der Waals surface area (Å²) in [5.41, 5.74) is 2.54. The van der Waals surface area contributed by atoms with Gasteiger partial charge in [-0.2, -0.15) is 0 Å². The van der Waals surface area contributed by atoms with Crippen LogP contribution in [-0.4, -0.2) is 43.8 Å². The molecule has 4 heterocycles. The van der Waals surface area contributed by atoms with Crippen LogP contribution in [0, 0.1) is 0 Å². The van der Waals surface area contributed by atoms with Gasteiger partial charge >= 0.3 is 0 Å². The third-order valence-corrected chi connectivity index (χ3v) is 5.05. The molecule has 28 heavy (non-hydrogen) atoms. The molecule has 1 fully saturated rings. The van der Waals surface area contributed by atoms with Crippen LogP contribution in [0.5, 0.6) is 0 Å². The Labute approximate surface area is 165 Å². The van der Waals surface area contributed by atoms with Gasteiger partial charge in [0.15, 0.2) is 0 Å². The summed E-state index contributed by atoms with van der Waals surface area (Å²) in [6, 6.07) is 9.69. The molecule has 6 nitrogen and oxygen atoms in total. The highest BCUT2D eigenvalue weighted by molar-refractivity contribution is 5.94. The molecule has 1 unspecified atom stereocenters. The van der Waals surface area contributed by atoms with E-state index >= 15 is 0 Å². The third kappa shape index (κ3) is 3.72. The van der Waals surface area contributed by atoms with Gasteiger partial charge in [0.1, 0.15) is 11.5 Å². The molecule has 0 bridgehead atoms. The zero-order valence-electron chi connectivity index (χ0n) is 16.7. The fourth-order valence-electron chi connectivity index (χ4n) is 3.83. The zero-order valence-corrected chi connectivity index (χ0v) is 16.7. The van der Waals surface area contributed by atoms with Crippen molar-refractivity contribution in [2.45, 2.75) is 45.1 Å². The Hall–Kier alpha value is -2.89. The van der Waals surface area contributed by atoms with Crippen LogP contribution in [-0.2, 0) is 0 Å². The monoisotopic (exact) mass is 377 g/mol. The lowest BCUT2D eigenvalue weighted by Gasteiger charge is -2.33. The maximum atomic E-state index is 12.9. The van der Waals surface area contributed by atoms with Gasteiger partial charge in [-0.05, 0) is 57.9 Å². The number of carbonyl (C=O) groups is 1. The number of hydrogen-bond donors (Lipinski definition) is 1. The fourth-order valence-corrected chi connectivity index (χ4v) is 3.83. The molecule has 6 heteroatoms. The Morgan fingerprint density at radius 2 is 2.07 bits per heavy atom. The first kappa shape index (κ1) is 18.5. The van der Waals surface area contributed by atoms with Gasteiger partial charge in [-0.15, -0.1) is 0 Å². The minimum absolute atomic E-state index is 0.0481. The van der Waals surface area contributed by atoms with E-state index in [0.29, 0.717) is 12.1 Å². The molecule has 1 N–H and O–H groups in total. The van der Waals surface area contributed by atoms with E-state index in [9.17, 15) is 4.79 Å². The van der Waals surface area contributed by atoms with Crippen molar-refractivity contribution in [2.24, 2.45) is 0 Å². The van der Waals surface area contributed by atoms with E-state index in [-0.39, 0.29) is 17.4 Å². The van der Waals surface area contributed by atoms with Gasteiger partial charge < -0.3 is 10.2 Å². The quantitative estimate of drug-likeness (QED) is 0.750. The highest BCUT2D eigenvalue weighted by Crippen LogP contribution is 2.34. The van der Waals surface area contributed by atoms with E-state index in [0.717, 1.165) is 36.5 Å². The van der Waals surface area contributed by atoms with Crippen LogP contribution < -0.4 is 5.32 Å². The van der Waals surface area contributed by atoms with Crippen molar-refractivity contribution < 1.29 is 4.79 Å². The summed E-state index contributed by atoms with van der Waals surface area (Å²) in [4.78, 5) is 23.9. The SMILES string of the molecule is CC(C)(C)Nc1c(C2CCCN(C(=O)c3cccnc3)C2)nc2ccccn12. The number of amides is 1. The number of nitrogens with zero attached hydrogens (tertiary/aromatic N) is 4. The molecule has 1 saturated heterocycles. The Bertz CT molecular complexity index is 974. The minimum atomic E-state index is -0.0829. The van der Waals surface area contributed by atoms with Crippen molar-refractivity contribution in [3.63, 3.8) is 0 Å². The van der Waals surface area contributed by atoms with Crippen molar-refractivity contribution in [2.75, 3.05) is 18.4 Å². The number of anilines is 1. The van der Waals surface area contributed by atoms with E-state index < -0.39 is 0 Å². The third-order valence-electron chi connectivity index (χ3n) is 5.05. The van der Waals surface area contributed by atoms with Gasteiger partial charge in [0.25, 0.3) is 5.91 Å². The molecule has 0 aromatic carbocycles. The molecule has 1 amide bonds. The molecule has 0 radical (unpaired) electrons. The van der Waals surface area contributed by atoms with Gasteiger partial charge in [0, 0.05) is 43.1 Å². The average molecular weight is 377 g/mol. The van der Waals surface area contributed by atoms with Gasteiger partial charge in [-0.3, -0.25) is 14.2 Å². The number of carbonyl (C=O) groups excluding carboxylic acids is 1. The van der Waals surface area contributed by atoms with Crippen LogP contribution in [0.3, 0.4) is 0 Å². The molecule has 3 aromatic heterocycles. The number of aromatic nitrogens is 3. The molecular weight excluding hydrogens is 350 g/mol. The van der Waals surface area contributed by atoms with Crippen LogP contribution in [0.15, 0.2) is 48.9 Å². The first-order valence-corrected chi connectivity index (χ1v) is 9.87. The van der Waals surface area contributed by atoms with E-state index in [1.54, 1.807) is 12.4 Å². The van der Waals surface area contributed by atoms with Crippen LogP contribution in [0.25, 0.3) is 5.65 Å². The number of pyridine rings is 2. The second kappa shape index (κ2) is 7.26. The van der Waals surface area contributed by atoms with Gasteiger partial charge in [0.2, 0.25) is 0 Å². The van der Waals surface area contributed by atoms with Crippen molar-refractivity contribution in [1.29, 1.82) is 0 Å². The number of rotatable bonds is 3. The van der Waals surface area contributed by atoms with Crippen LogP contribution in [0.4, 0.5) is 5.82 Å². The standard InChI is InChI=1S/C22H27N5O/c1-22(2,3)25-20-19(24-18-10-4-5-13-27(18)20)17-9-7-12-26(15-17)21(28)16-8-6-11-23-14-16/h4-6,8,10-11,13-14,17,25H,7,9,12,15H2,1-3H3. The Morgan fingerprint density at radius 1 is 1.21 bits per heavy atom. The molecule has 0 aliphatic carbocycles. The normalized spacial score (nSPS) is 17.7. The van der Waals surface area contributed by atoms with E-state index in [2.05, 4.69) is 35.5 Å². The molecule has 1 aliphatic heterocycles. The van der Waals surface area contributed by atoms with Crippen molar-refractivity contribution in [3.8, 4) is 0 Å². The van der Waals surface area contributed by atoms with Crippen molar-refractivity contribution >= 4 is 17.4 Å². The molecule has 1 aliphatic rings. The summed E-state index contributed by atoms with van der Waals surface area (Å²) in [5.74, 6) is 1.29. The predicted octanol–water partition coefficient (Wildman–Crippen LogP) is 3.96. The second-order valence-corrected chi connectivity index (χ2v) is 8.48. The topological polar surface area (TPSA) is 62.5 Å². The van der Waals surface area contributed by atoms with Crippen LogP contribution in [0.1, 0.15) is 55.6 Å². The molecule has 1 atom stereocenters.